The van der Waals surface area contributed by atoms with Gasteiger partial charge < -0.3 is 4.90 Å². The van der Waals surface area contributed by atoms with E-state index in [2.05, 4.69) is 4.98 Å². The van der Waals surface area contributed by atoms with Crippen LogP contribution in [-0.4, -0.2) is 59.6 Å². The molecule has 0 atom stereocenters. The first kappa shape index (κ1) is 18.0. The molecule has 0 N–H and O–H groups in total. The summed E-state index contributed by atoms with van der Waals surface area (Å²) >= 11 is 0. The summed E-state index contributed by atoms with van der Waals surface area (Å²) in [5.41, 5.74) is -0.0242. The zero-order valence-electron chi connectivity index (χ0n) is 13.7. The van der Waals surface area contributed by atoms with Crippen LogP contribution in [-0.2, 0) is 10.0 Å². The van der Waals surface area contributed by atoms with Gasteiger partial charge in [-0.3, -0.25) is 19.9 Å². The van der Waals surface area contributed by atoms with Gasteiger partial charge in [0.15, 0.2) is 4.90 Å². The molecule has 9 nitrogen and oxygen atoms in total. The predicted molar refractivity (Wildman–Crippen MR) is 92.0 cm³/mol. The van der Waals surface area contributed by atoms with Gasteiger partial charge in [-0.2, -0.15) is 4.31 Å². The van der Waals surface area contributed by atoms with Gasteiger partial charge >= 0.3 is 0 Å². The second kappa shape index (κ2) is 7.18. The maximum absolute atomic E-state index is 12.8. The number of nitrogens with zero attached hydrogens (tertiary/aromatic N) is 4. The average molecular weight is 376 g/mol. The van der Waals surface area contributed by atoms with E-state index in [4.69, 9.17) is 0 Å². The number of aromatic nitrogens is 1. The fourth-order valence-corrected chi connectivity index (χ4v) is 4.35. The van der Waals surface area contributed by atoms with E-state index >= 15 is 0 Å². The van der Waals surface area contributed by atoms with E-state index in [1.807, 2.05) is 0 Å². The van der Waals surface area contributed by atoms with Crippen LogP contribution in [0.15, 0.2) is 53.7 Å². The molecular weight excluding hydrogens is 360 g/mol. The Hall–Kier alpha value is -2.85. The summed E-state index contributed by atoms with van der Waals surface area (Å²) in [7, 11) is -4.01. The number of para-hydroxylation sites is 1. The molecule has 10 heteroatoms. The van der Waals surface area contributed by atoms with Crippen molar-refractivity contribution < 1.29 is 18.1 Å². The first-order valence-electron chi connectivity index (χ1n) is 7.84. The van der Waals surface area contributed by atoms with Crippen molar-refractivity contribution in [2.45, 2.75) is 4.90 Å². The van der Waals surface area contributed by atoms with Gasteiger partial charge in [-0.15, -0.1) is 0 Å². The summed E-state index contributed by atoms with van der Waals surface area (Å²) in [5, 5.41) is 11.1. The Balaban J connectivity index is 1.76. The normalized spacial score (nSPS) is 15.6. The molecule has 26 heavy (non-hydrogen) atoms. The molecule has 1 saturated heterocycles. The summed E-state index contributed by atoms with van der Waals surface area (Å²) in [4.78, 5) is 27.9. The molecule has 0 spiro atoms. The molecule has 3 rings (SSSR count). The molecule has 136 valence electrons. The van der Waals surface area contributed by atoms with E-state index < -0.39 is 20.6 Å². The molecule has 0 unspecified atom stereocenters. The predicted octanol–water partition coefficient (Wildman–Crippen LogP) is 1.14. The van der Waals surface area contributed by atoms with Gasteiger partial charge in [0, 0.05) is 44.6 Å². The molecule has 2 heterocycles. The molecule has 2 aromatic rings. The summed E-state index contributed by atoms with van der Waals surface area (Å²) in [6, 6.07) is 8.55. The standard InChI is InChI=1S/C16H16N4O5S/c21-16(13-4-3-7-17-12-13)18-8-10-19(11-9-18)26(24,25)15-6-2-1-5-14(15)20(22)23/h1-7,12H,8-11H2. The topological polar surface area (TPSA) is 114 Å². The Bertz CT molecular complexity index is 925. The highest BCUT2D eigenvalue weighted by molar-refractivity contribution is 7.89. The number of nitro benzene ring substituents is 1. The maximum Gasteiger partial charge on any atom is 0.289 e. The third kappa shape index (κ3) is 3.41. The molecule has 1 aliphatic heterocycles. The monoisotopic (exact) mass is 376 g/mol. The third-order valence-corrected chi connectivity index (χ3v) is 6.06. The SMILES string of the molecule is O=C(c1cccnc1)N1CCN(S(=O)(=O)c2ccccc2[N+](=O)[O-])CC1. The van der Waals surface area contributed by atoms with E-state index in [1.165, 1.54) is 28.7 Å². The van der Waals surface area contributed by atoms with Crippen molar-refractivity contribution in [3.63, 3.8) is 0 Å². The van der Waals surface area contributed by atoms with Gasteiger partial charge in [0.25, 0.3) is 11.6 Å². The quantitative estimate of drug-likeness (QED) is 0.584. The van der Waals surface area contributed by atoms with E-state index in [9.17, 15) is 23.3 Å². The van der Waals surface area contributed by atoms with Crippen molar-refractivity contribution in [1.29, 1.82) is 0 Å². The fourth-order valence-electron chi connectivity index (χ4n) is 2.77. The average Bonchev–Trinajstić information content (AvgIpc) is 2.68. The summed E-state index contributed by atoms with van der Waals surface area (Å²) in [6.07, 6.45) is 3.02. The summed E-state index contributed by atoms with van der Waals surface area (Å²) in [6.45, 7) is 0.544. The Morgan fingerprint density at radius 2 is 1.77 bits per heavy atom. The van der Waals surface area contributed by atoms with Gasteiger partial charge in [0.2, 0.25) is 10.0 Å². The molecule has 1 aliphatic rings. The van der Waals surface area contributed by atoms with Gasteiger partial charge in [0.1, 0.15) is 0 Å². The number of benzene rings is 1. The van der Waals surface area contributed by atoms with Crippen LogP contribution in [0.1, 0.15) is 10.4 Å². The molecule has 1 aromatic carbocycles. The number of amides is 1. The number of carbonyl (C=O) groups excluding carboxylic acids is 1. The Labute approximate surface area is 150 Å². The highest BCUT2D eigenvalue weighted by Crippen LogP contribution is 2.27. The van der Waals surface area contributed by atoms with Crippen LogP contribution in [0, 0.1) is 10.1 Å². The van der Waals surface area contributed by atoms with E-state index in [0.29, 0.717) is 5.56 Å². The number of hydrogen-bond donors (Lipinski definition) is 0. The van der Waals surface area contributed by atoms with E-state index in [-0.39, 0.29) is 37.0 Å². The van der Waals surface area contributed by atoms with Crippen molar-refractivity contribution in [2.24, 2.45) is 0 Å². The highest BCUT2D eigenvalue weighted by Gasteiger charge is 2.34. The zero-order valence-corrected chi connectivity index (χ0v) is 14.5. The number of rotatable bonds is 4. The van der Waals surface area contributed by atoms with Crippen LogP contribution in [0.4, 0.5) is 5.69 Å². The number of nitro groups is 1. The van der Waals surface area contributed by atoms with E-state index in [1.54, 1.807) is 23.2 Å². The number of carbonyl (C=O) groups is 1. The lowest BCUT2D eigenvalue weighted by atomic mass is 10.2. The van der Waals surface area contributed by atoms with Crippen LogP contribution in [0.2, 0.25) is 0 Å². The maximum atomic E-state index is 12.8. The smallest absolute Gasteiger partial charge is 0.289 e. The van der Waals surface area contributed by atoms with Crippen molar-refractivity contribution in [3.8, 4) is 0 Å². The largest absolute Gasteiger partial charge is 0.336 e. The van der Waals surface area contributed by atoms with Crippen LogP contribution in [0.5, 0.6) is 0 Å². The first-order valence-corrected chi connectivity index (χ1v) is 9.28. The molecule has 0 bridgehead atoms. The van der Waals surface area contributed by atoms with Crippen LogP contribution < -0.4 is 0 Å². The molecule has 1 amide bonds. The second-order valence-electron chi connectivity index (χ2n) is 5.66. The molecule has 0 radical (unpaired) electrons. The number of piperazine rings is 1. The lowest BCUT2D eigenvalue weighted by Crippen LogP contribution is -2.50. The fraction of sp³-hybridized carbons (Fsp3) is 0.250. The minimum atomic E-state index is -4.01. The van der Waals surface area contributed by atoms with Crippen LogP contribution >= 0.6 is 0 Å². The van der Waals surface area contributed by atoms with Gasteiger partial charge in [0.05, 0.1) is 10.5 Å². The molecule has 0 aliphatic carbocycles. The van der Waals surface area contributed by atoms with Crippen molar-refractivity contribution in [1.82, 2.24) is 14.2 Å². The van der Waals surface area contributed by atoms with Gasteiger partial charge in [-0.1, -0.05) is 12.1 Å². The summed E-state index contributed by atoms with van der Waals surface area (Å²) in [5.74, 6) is -0.221. The lowest BCUT2D eigenvalue weighted by Gasteiger charge is -2.33. The molecule has 1 fully saturated rings. The van der Waals surface area contributed by atoms with Crippen LogP contribution in [0.25, 0.3) is 0 Å². The third-order valence-electron chi connectivity index (χ3n) is 4.11. The minimum absolute atomic E-state index is 0.0698. The lowest BCUT2D eigenvalue weighted by molar-refractivity contribution is -0.387. The van der Waals surface area contributed by atoms with Gasteiger partial charge in [-0.25, -0.2) is 8.42 Å². The zero-order chi connectivity index (χ0) is 18.7. The van der Waals surface area contributed by atoms with Crippen LogP contribution in [0.3, 0.4) is 0 Å². The first-order chi connectivity index (χ1) is 12.4. The van der Waals surface area contributed by atoms with Gasteiger partial charge in [-0.05, 0) is 18.2 Å². The Kier molecular flexibility index (Phi) is 4.96. The van der Waals surface area contributed by atoms with E-state index in [0.717, 1.165) is 6.07 Å². The molecular formula is C16H16N4O5S. The van der Waals surface area contributed by atoms with Crippen molar-refractivity contribution in [3.05, 3.63) is 64.5 Å². The number of sulfonamides is 1. The Morgan fingerprint density at radius 1 is 1.08 bits per heavy atom. The van der Waals surface area contributed by atoms with Crippen molar-refractivity contribution in [2.75, 3.05) is 26.2 Å². The molecule has 0 saturated carbocycles. The van der Waals surface area contributed by atoms with Crippen molar-refractivity contribution >= 4 is 21.6 Å². The Morgan fingerprint density at radius 3 is 2.38 bits per heavy atom. The highest BCUT2D eigenvalue weighted by atomic mass is 32.2. The summed E-state index contributed by atoms with van der Waals surface area (Å²) < 4.78 is 26.7. The second-order valence-corrected chi connectivity index (χ2v) is 7.57. The number of pyridine rings is 1. The number of hydrogen-bond acceptors (Lipinski definition) is 6. The molecule has 1 aromatic heterocycles. The minimum Gasteiger partial charge on any atom is -0.336 e.